The predicted molar refractivity (Wildman–Crippen MR) is 222 cm³/mol. The highest BCUT2D eigenvalue weighted by Crippen LogP contribution is 2.31. The van der Waals surface area contributed by atoms with E-state index in [0.29, 0.717) is 36.9 Å². The van der Waals surface area contributed by atoms with E-state index in [4.69, 9.17) is 0 Å². The number of amides is 5. The van der Waals surface area contributed by atoms with E-state index in [1.54, 1.807) is 35.5 Å². The molecule has 0 aliphatic carbocycles. The number of likely N-dealkylation sites (tertiary alicyclic amines) is 2. The van der Waals surface area contributed by atoms with Crippen LogP contribution in [0.4, 0.5) is 0 Å². The van der Waals surface area contributed by atoms with Gasteiger partial charge in [-0.3, -0.25) is 34.3 Å². The molecule has 3 aromatic rings. The molecule has 2 N–H and O–H groups in total. The second-order valence-electron chi connectivity index (χ2n) is 16.0. The van der Waals surface area contributed by atoms with Gasteiger partial charge in [0.05, 0.1) is 0 Å². The normalized spacial score (nSPS) is 19.2. The number of piperidine rings is 3. The van der Waals surface area contributed by atoms with Gasteiger partial charge in [-0.05, 0) is 130 Å². The van der Waals surface area contributed by atoms with Crippen LogP contribution in [-0.2, 0) is 20.9 Å². The summed E-state index contributed by atoms with van der Waals surface area (Å²) >= 11 is 0. The van der Waals surface area contributed by atoms with Crippen LogP contribution in [0.3, 0.4) is 0 Å². The van der Waals surface area contributed by atoms with E-state index >= 15 is 0 Å². The molecule has 58 heavy (non-hydrogen) atoms. The Hall–Kier alpha value is -5.60. The molecule has 1 aromatic heterocycles. The quantitative estimate of drug-likeness (QED) is 0.0984. The van der Waals surface area contributed by atoms with Crippen molar-refractivity contribution in [2.75, 3.05) is 39.3 Å². The molecule has 5 amide bonds. The van der Waals surface area contributed by atoms with E-state index in [0.717, 1.165) is 113 Å². The van der Waals surface area contributed by atoms with Gasteiger partial charge < -0.3 is 20.0 Å². The Morgan fingerprint density at radius 2 is 1.71 bits per heavy atom. The van der Waals surface area contributed by atoms with Crippen molar-refractivity contribution in [1.82, 2.24) is 30.3 Å². The highest BCUT2D eigenvalue weighted by Gasteiger charge is 2.39. The zero-order valence-electron chi connectivity index (χ0n) is 33.3. The third-order valence-electron chi connectivity index (χ3n) is 12.1. The molecular formula is C47H54N6O5. The maximum Gasteiger partial charge on any atom is 0.255 e. The summed E-state index contributed by atoms with van der Waals surface area (Å²) in [7, 11) is 0. The van der Waals surface area contributed by atoms with Crippen LogP contribution in [0, 0.1) is 17.8 Å². The molecular weight excluding hydrogens is 729 g/mol. The lowest BCUT2D eigenvalue weighted by Gasteiger charge is -2.33. The second kappa shape index (κ2) is 19.7. The number of carbonyl (C=O) groups excluding carboxylic acids is 5. The Bertz CT molecular complexity index is 2040. The highest BCUT2D eigenvalue weighted by atomic mass is 16.2. The van der Waals surface area contributed by atoms with Crippen molar-refractivity contribution in [3.8, 4) is 11.8 Å². The minimum absolute atomic E-state index is 0.0843. The van der Waals surface area contributed by atoms with Gasteiger partial charge in [0, 0.05) is 74.2 Å². The van der Waals surface area contributed by atoms with Crippen molar-refractivity contribution in [1.29, 1.82) is 0 Å². The van der Waals surface area contributed by atoms with Crippen LogP contribution in [0.1, 0.15) is 120 Å². The Balaban J connectivity index is 0.768. The third kappa shape index (κ3) is 10.5. The molecule has 302 valence electrons. The predicted octanol–water partition coefficient (Wildman–Crippen LogP) is 5.71. The number of unbranched alkanes of at least 4 members (excludes halogenated alkanes) is 2. The van der Waals surface area contributed by atoms with E-state index in [1.807, 2.05) is 41.3 Å². The Morgan fingerprint density at radius 3 is 2.47 bits per heavy atom. The molecule has 3 saturated heterocycles. The average molecular weight is 783 g/mol. The van der Waals surface area contributed by atoms with Crippen molar-refractivity contribution < 1.29 is 24.0 Å². The van der Waals surface area contributed by atoms with Gasteiger partial charge in [-0.1, -0.05) is 48.9 Å². The van der Waals surface area contributed by atoms with Crippen LogP contribution in [0.5, 0.6) is 0 Å². The number of fused-ring (bicyclic) bond motifs is 1. The standard InChI is InChI=1S/C47H54N6O5/c54-43(19-13-35-9-7-25-48-32-35)49-26-4-3-8-34-21-30-52(31-22-34)46(57)39-16-14-36(15-17-39)37-23-28-51(29-24-37)27-5-1-2-10-38-11-6-12-40-41(38)33-53(47(40)58)42-18-20-44(55)50-45(42)56/h6-7,9,11-17,19,25,32,34,37,42H,1,3-5,8,18,20-24,26-31,33H2,(H,49,54)(H,50,55,56)/b19-13+. The van der Waals surface area contributed by atoms with E-state index in [-0.39, 0.29) is 30.0 Å². The summed E-state index contributed by atoms with van der Waals surface area (Å²) in [5.74, 6) is 6.89. The number of hydrogen-bond donors (Lipinski definition) is 2. The molecule has 3 fully saturated rings. The zero-order valence-corrected chi connectivity index (χ0v) is 33.3. The molecule has 0 spiro atoms. The van der Waals surface area contributed by atoms with E-state index in [9.17, 15) is 24.0 Å². The second-order valence-corrected chi connectivity index (χ2v) is 16.0. The van der Waals surface area contributed by atoms with Gasteiger partial charge >= 0.3 is 0 Å². The molecule has 1 atom stereocenters. The van der Waals surface area contributed by atoms with E-state index < -0.39 is 11.9 Å². The SMILES string of the molecule is O=C(/C=C/c1cccnc1)NCCCCC1CCN(C(=O)c2ccc(C3CCN(CCCC#Cc4cccc5c4CN(C4CCC(=O)NC4=O)C5=O)CC3)cc2)CC1. The lowest BCUT2D eigenvalue weighted by atomic mass is 9.88. The highest BCUT2D eigenvalue weighted by molar-refractivity contribution is 6.05. The molecule has 11 heteroatoms. The van der Waals surface area contributed by atoms with Crippen molar-refractivity contribution >= 4 is 35.6 Å². The number of benzene rings is 2. The number of imide groups is 1. The molecule has 1 unspecified atom stereocenters. The fourth-order valence-corrected chi connectivity index (χ4v) is 8.72. The summed E-state index contributed by atoms with van der Waals surface area (Å²) in [4.78, 5) is 72.7. The molecule has 0 saturated carbocycles. The molecule has 2 aromatic carbocycles. The number of aromatic nitrogens is 1. The number of nitrogens with one attached hydrogen (secondary N) is 2. The molecule has 7 rings (SSSR count). The van der Waals surface area contributed by atoms with Crippen LogP contribution in [0.25, 0.3) is 6.08 Å². The third-order valence-corrected chi connectivity index (χ3v) is 12.1. The van der Waals surface area contributed by atoms with E-state index in [1.165, 1.54) is 5.56 Å². The summed E-state index contributed by atoms with van der Waals surface area (Å²) < 4.78 is 0. The Labute approximate surface area is 341 Å². The first-order valence-corrected chi connectivity index (χ1v) is 21.1. The van der Waals surface area contributed by atoms with Crippen LogP contribution >= 0.6 is 0 Å². The maximum absolute atomic E-state index is 13.3. The van der Waals surface area contributed by atoms with Crippen LogP contribution in [0.15, 0.2) is 73.1 Å². The first-order chi connectivity index (χ1) is 28.3. The number of hydrogen-bond acceptors (Lipinski definition) is 7. The number of nitrogens with zero attached hydrogens (tertiary/aromatic N) is 4. The first-order valence-electron chi connectivity index (χ1n) is 21.1. The maximum atomic E-state index is 13.3. The monoisotopic (exact) mass is 782 g/mol. The molecule has 4 aliphatic heterocycles. The van der Waals surface area contributed by atoms with Gasteiger partial charge in [0.25, 0.3) is 11.8 Å². The fraction of sp³-hybridized carbons (Fsp3) is 0.447. The molecule has 5 heterocycles. The Kier molecular flexibility index (Phi) is 13.8. The van der Waals surface area contributed by atoms with Crippen LogP contribution in [0.2, 0.25) is 0 Å². The van der Waals surface area contributed by atoms with Crippen LogP contribution in [-0.4, -0.2) is 94.5 Å². The lowest BCUT2D eigenvalue weighted by Crippen LogP contribution is -2.52. The summed E-state index contributed by atoms with van der Waals surface area (Å²) in [6, 6.07) is 17.0. The van der Waals surface area contributed by atoms with Crippen molar-refractivity contribution in [3.63, 3.8) is 0 Å². The average Bonchev–Trinajstić information content (AvgIpc) is 3.59. The lowest BCUT2D eigenvalue weighted by molar-refractivity contribution is -0.137. The zero-order chi connectivity index (χ0) is 40.3. The molecule has 0 bridgehead atoms. The summed E-state index contributed by atoms with van der Waals surface area (Å²) in [5, 5.41) is 5.32. The van der Waals surface area contributed by atoms with Gasteiger partial charge in [0.15, 0.2) is 0 Å². The fourth-order valence-electron chi connectivity index (χ4n) is 8.72. The van der Waals surface area contributed by atoms with Crippen molar-refractivity contribution in [2.45, 2.75) is 89.1 Å². The van der Waals surface area contributed by atoms with Gasteiger partial charge in [-0.2, -0.15) is 0 Å². The summed E-state index contributed by atoms with van der Waals surface area (Å²) in [6.07, 6.45) is 16.4. The van der Waals surface area contributed by atoms with Crippen molar-refractivity contribution in [2.24, 2.45) is 5.92 Å². The molecule has 0 radical (unpaired) electrons. The number of carbonyl (C=O) groups is 5. The van der Waals surface area contributed by atoms with Gasteiger partial charge in [-0.25, -0.2) is 0 Å². The number of rotatable bonds is 13. The number of pyridine rings is 1. The molecule has 11 nitrogen and oxygen atoms in total. The largest absolute Gasteiger partial charge is 0.353 e. The topological polar surface area (TPSA) is 132 Å². The van der Waals surface area contributed by atoms with E-state index in [2.05, 4.69) is 44.5 Å². The van der Waals surface area contributed by atoms with Gasteiger partial charge in [0.2, 0.25) is 17.7 Å². The summed E-state index contributed by atoms with van der Waals surface area (Å²) in [6.45, 7) is 5.66. The van der Waals surface area contributed by atoms with Crippen LogP contribution < -0.4 is 10.6 Å². The summed E-state index contributed by atoms with van der Waals surface area (Å²) in [5.41, 5.74) is 5.26. The van der Waals surface area contributed by atoms with Gasteiger partial charge in [0.1, 0.15) is 6.04 Å². The first kappa shape index (κ1) is 40.6. The Morgan fingerprint density at radius 1 is 0.897 bits per heavy atom. The molecule has 4 aliphatic rings. The smallest absolute Gasteiger partial charge is 0.255 e. The minimum Gasteiger partial charge on any atom is -0.353 e. The van der Waals surface area contributed by atoms with Gasteiger partial charge in [-0.15, -0.1) is 0 Å². The van der Waals surface area contributed by atoms with Crippen molar-refractivity contribution in [3.05, 3.63) is 106 Å². The minimum atomic E-state index is -0.630.